The van der Waals surface area contributed by atoms with E-state index in [1.165, 1.54) is 0 Å². The van der Waals surface area contributed by atoms with Crippen molar-refractivity contribution in [3.8, 4) is 0 Å². The molecule has 0 saturated carbocycles. The molecule has 1 atom stereocenters. The van der Waals surface area contributed by atoms with E-state index in [9.17, 15) is 9.59 Å². The van der Waals surface area contributed by atoms with E-state index in [1.807, 2.05) is 0 Å². The highest BCUT2D eigenvalue weighted by atomic mass is 79.9. The molecule has 1 aliphatic rings. The van der Waals surface area contributed by atoms with E-state index < -0.39 is 0 Å². The van der Waals surface area contributed by atoms with Gasteiger partial charge < -0.3 is 5.73 Å². The lowest BCUT2D eigenvalue weighted by Gasteiger charge is -2.04. The molecular weight excluding hydrogens is 298 g/mol. The van der Waals surface area contributed by atoms with Gasteiger partial charge in [-0.05, 0) is 18.2 Å². The molecular formula is C12H10BrN3O2. The lowest BCUT2D eigenvalue weighted by molar-refractivity contribution is -0.121. The zero-order chi connectivity index (χ0) is 12.9. The molecule has 0 saturated heterocycles. The third-order valence-corrected chi connectivity index (χ3v) is 3.72. The summed E-state index contributed by atoms with van der Waals surface area (Å²) in [4.78, 5) is 27.9. The van der Waals surface area contributed by atoms with E-state index in [0.29, 0.717) is 29.7 Å². The van der Waals surface area contributed by atoms with Crippen LogP contribution < -0.4 is 11.3 Å². The van der Waals surface area contributed by atoms with E-state index in [-0.39, 0.29) is 17.4 Å². The number of aromatic nitrogens is 2. The molecule has 5 nitrogen and oxygen atoms in total. The van der Waals surface area contributed by atoms with Crippen LogP contribution in [0.25, 0.3) is 10.9 Å². The Morgan fingerprint density at radius 1 is 1.50 bits per heavy atom. The van der Waals surface area contributed by atoms with Crippen molar-refractivity contribution in [3.05, 3.63) is 38.9 Å². The number of benzene rings is 1. The van der Waals surface area contributed by atoms with Gasteiger partial charge in [-0.2, -0.15) is 0 Å². The van der Waals surface area contributed by atoms with Crippen molar-refractivity contribution in [2.24, 2.45) is 11.7 Å². The number of fused-ring (bicyclic) bond motifs is 2. The monoisotopic (exact) mass is 307 g/mol. The molecule has 6 heteroatoms. The zero-order valence-corrected chi connectivity index (χ0v) is 11.0. The maximum atomic E-state index is 12.3. The normalized spacial score (nSPS) is 17.9. The van der Waals surface area contributed by atoms with Gasteiger partial charge in [-0.15, -0.1) is 0 Å². The molecule has 0 spiro atoms. The molecule has 2 N–H and O–H groups in total. The SMILES string of the molecule is NC(=O)C1Cc2nc3cc(Br)ccc3c(=O)n2C1. The highest BCUT2D eigenvalue weighted by Crippen LogP contribution is 2.21. The fourth-order valence-corrected chi connectivity index (χ4v) is 2.63. The third-order valence-electron chi connectivity index (χ3n) is 3.23. The van der Waals surface area contributed by atoms with E-state index in [0.717, 1.165) is 4.47 Å². The van der Waals surface area contributed by atoms with E-state index in [4.69, 9.17) is 5.73 Å². The van der Waals surface area contributed by atoms with Crippen molar-refractivity contribution in [2.75, 3.05) is 0 Å². The summed E-state index contributed by atoms with van der Waals surface area (Å²) in [5.74, 6) is -0.0787. The second-order valence-electron chi connectivity index (χ2n) is 4.41. The molecule has 0 fully saturated rings. The Morgan fingerprint density at radius 2 is 2.28 bits per heavy atom. The summed E-state index contributed by atoms with van der Waals surface area (Å²) in [6, 6.07) is 5.34. The molecule has 3 rings (SSSR count). The average molecular weight is 308 g/mol. The van der Waals surface area contributed by atoms with Crippen molar-refractivity contribution >= 4 is 32.7 Å². The van der Waals surface area contributed by atoms with Crippen molar-refractivity contribution < 1.29 is 4.79 Å². The van der Waals surface area contributed by atoms with Crippen LogP contribution in [-0.2, 0) is 17.8 Å². The Hall–Kier alpha value is -1.69. The molecule has 0 bridgehead atoms. The van der Waals surface area contributed by atoms with Gasteiger partial charge in [-0.25, -0.2) is 4.98 Å². The number of nitrogens with zero attached hydrogens (tertiary/aromatic N) is 2. The smallest absolute Gasteiger partial charge is 0.261 e. The van der Waals surface area contributed by atoms with Gasteiger partial charge in [0, 0.05) is 17.4 Å². The minimum absolute atomic E-state index is 0.105. The predicted molar refractivity (Wildman–Crippen MR) is 70.1 cm³/mol. The van der Waals surface area contributed by atoms with Gasteiger partial charge in [0.25, 0.3) is 5.56 Å². The third kappa shape index (κ3) is 1.64. The molecule has 2 heterocycles. The number of halogens is 1. The maximum absolute atomic E-state index is 12.3. The number of hydrogen-bond donors (Lipinski definition) is 1. The zero-order valence-electron chi connectivity index (χ0n) is 9.39. The Kier molecular flexibility index (Phi) is 2.48. The Morgan fingerprint density at radius 3 is 3.00 bits per heavy atom. The minimum Gasteiger partial charge on any atom is -0.369 e. The minimum atomic E-state index is -0.384. The van der Waals surface area contributed by atoms with Crippen molar-refractivity contribution in [3.63, 3.8) is 0 Å². The fraction of sp³-hybridized carbons (Fsp3) is 0.250. The Labute approximate surface area is 111 Å². The standard InChI is InChI=1S/C12H10BrN3O2/c13-7-1-2-8-9(4-7)15-10-3-6(11(14)17)5-16(10)12(8)18/h1-2,4,6H,3,5H2,(H2,14,17). The van der Waals surface area contributed by atoms with Gasteiger partial charge in [0.05, 0.1) is 16.8 Å². The van der Waals surface area contributed by atoms with Crippen LogP contribution in [0.5, 0.6) is 0 Å². The quantitative estimate of drug-likeness (QED) is 0.847. The fourth-order valence-electron chi connectivity index (χ4n) is 2.28. The molecule has 1 aromatic carbocycles. The van der Waals surface area contributed by atoms with Crippen LogP contribution in [0.2, 0.25) is 0 Å². The number of primary amides is 1. The number of carbonyl (C=O) groups excluding carboxylic acids is 1. The topological polar surface area (TPSA) is 78.0 Å². The summed E-state index contributed by atoms with van der Waals surface area (Å²) in [5, 5.41) is 0.562. The van der Waals surface area contributed by atoms with Crippen LogP contribution >= 0.6 is 15.9 Å². The summed E-state index contributed by atoms with van der Waals surface area (Å²) in [6.07, 6.45) is 0.438. The molecule has 18 heavy (non-hydrogen) atoms. The highest BCUT2D eigenvalue weighted by Gasteiger charge is 2.28. The molecule has 1 aromatic heterocycles. The molecule has 2 aromatic rings. The molecule has 0 aliphatic carbocycles. The number of carbonyl (C=O) groups is 1. The van der Waals surface area contributed by atoms with Gasteiger partial charge in [0.15, 0.2) is 0 Å². The van der Waals surface area contributed by atoms with Crippen molar-refractivity contribution in [2.45, 2.75) is 13.0 Å². The molecule has 1 unspecified atom stereocenters. The van der Waals surface area contributed by atoms with Crippen LogP contribution in [0.3, 0.4) is 0 Å². The first-order chi connectivity index (χ1) is 8.56. The summed E-state index contributed by atoms with van der Waals surface area (Å²) < 4.78 is 2.42. The van der Waals surface area contributed by atoms with E-state index in [1.54, 1.807) is 22.8 Å². The number of hydrogen-bond acceptors (Lipinski definition) is 3. The van der Waals surface area contributed by atoms with Gasteiger partial charge in [-0.1, -0.05) is 15.9 Å². The molecule has 92 valence electrons. The number of rotatable bonds is 1. The van der Waals surface area contributed by atoms with Crippen LogP contribution in [0, 0.1) is 5.92 Å². The first kappa shape index (κ1) is 11.4. The average Bonchev–Trinajstić information content (AvgIpc) is 2.73. The largest absolute Gasteiger partial charge is 0.369 e. The highest BCUT2D eigenvalue weighted by molar-refractivity contribution is 9.10. The lowest BCUT2D eigenvalue weighted by atomic mass is 10.1. The first-order valence-electron chi connectivity index (χ1n) is 5.54. The first-order valence-corrected chi connectivity index (χ1v) is 6.34. The Balaban J connectivity index is 2.24. The van der Waals surface area contributed by atoms with Crippen LogP contribution in [-0.4, -0.2) is 15.5 Å². The van der Waals surface area contributed by atoms with Crippen LogP contribution in [0.15, 0.2) is 27.5 Å². The number of nitrogens with two attached hydrogens (primary N) is 1. The summed E-state index contributed by atoms with van der Waals surface area (Å²) >= 11 is 3.35. The Bertz CT molecular complexity index is 723. The van der Waals surface area contributed by atoms with Gasteiger partial charge in [0.1, 0.15) is 5.82 Å². The van der Waals surface area contributed by atoms with E-state index in [2.05, 4.69) is 20.9 Å². The van der Waals surface area contributed by atoms with Crippen LogP contribution in [0.4, 0.5) is 0 Å². The summed E-state index contributed by atoms with van der Waals surface area (Å²) in [6.45, 7) is 0.336. The molecule has 0 radical (unpaired) electrons. The maximum Gasteiger partial charge on any atom is 0.261 e. The van der Waals surface area contributed by atoms with Gasteiger partial charge in [0.2, 0.25) is 5.91 Å². The van der Waals surface area contributed by atoms with E-state index >= 15 is 0 Å². The summed E-state index contributed by atoms with van der Waals surface area (Å²) in [5.41, 5.74) is 5.83. The van der Waals surface area contributed by atoms with Gasteiger partial charge in [-0.3, -0.25) is 14.2 Å². The number of amides is 1. The molecule has 1 aliphatic heterocycles. The second kappa shape index (κ2) is 3.91. The molecule has 1 amide bonds. The predicted octanol–water partition coefficient (Wildman–Crippen LogP) is 0.817. The lowest BCUT2D eigenvalue weighted by Crippen LogP contribution is -2.26. The van der Waals surface area contributed by atoms with Crippen LogP contribution in [0.1, 0.15) is 5.82 Å². The van der Waals surface area contributed by atoms with Gasteiger partial charge >= 0.3 is 0 Å². The van der Waals surface area contributed by atoms with Crippen molar-refractivity contribution in [1.82, 2.24) is 9.55 Å². The van der Waals surface area contributed by atoms with Crippen molar-refractivity contribution in [1.29, 1.82) is 0 Å². The summed E-state index contributed by atoms with van der Waals surface area (Å²) in [7, 11) is 0. The second-order valence-corrected chi connectivity index (χ2v) is 5.32.